The van der Waals surface area contributed by atoms with Crippen molar-refractivity contribution < 1.29 is 4.79 Å². The summed E-state index contributed by atoms with van der Waals surface area (Å²) in [6.45, 7) is 8.12. The number of amides is 1. The van der Waals surface area contributed by atoms with Crippen molar-refractivity contribution in [1.82, 2.24) is 24.5 Å². The fourth-order valence-electron chi connectivity index (χ4n) is 3.54. The van der Waals surface area contributed by atoms with Gasteiger partial charge in [0, 0.05) is 30.3 Å². The molecule has 0 unspecified atom stereocenters. The van der Waals surface area contributed by atoms with Crippen LogP contribution in [0.3, 0.4) is 0 Å². The summed E-state index contributed by atoms with van der Waals surface area (Å²) < 4.78 is 3.39. The van der Waals surface area contributed by atoms with Crippen LogP contribution in [0.2, 0.25) is 0 Å². The predicted molar refractivity (Wildman–Crippen MR) is 122 cm³/mol. The molecule has 0 aliphatic carbocycles. The van der Waals surface area contributed by atoms with Crippen molar-refractivity contribution in [2.75, 3.05) is 5.32 Å². The van der Waals surface area contributed by atoms with Crippen LogP contribution in [0.25, 0.3) is 16.7 Å². The molecule has 0 spiro atoms. The summed E-state index contributed by atoms with van der Waals surface area (Å²) in [4.78, 5) is 25.4. The van der Waals surface area contributed by atoms with E-state index in [4.69, 9.17) is 0 Å². The zero-order valence-electron chi connectivity index (χ0n) is 17.9. The largest absolute Gasteiger partial charge is 0.300 e. The highest BCUT2D eigenvalue weighted by molar-refractivity contribution is 7.15. The number of aryl methyl sites for hydroxylation is 3. The van der Waals surface area contributed by atoms with E-state index in [-0.39, 0.29) is 30.3 Å². The number of carbonyl (C=O) groups excluding carboxylic acids is 1. The van der Waals surface area contributed by atoms with Crippen LogP contribution in [-0.2, 0) is 11.3 Å². The number of nitrogens with one attached hydrogen (secondary N) is 1. The van der Waals surface area contributed by atoms with E-state index in [9.17, 15) is 9.59 Å². The molecule has 4 rings (SSSR count). The van der Waals surface area contributed by atoms with Gasteiger partial charge in [0.25, 0.3) is 5.56 Å². The molecule has 0 saturated heterocycles. The van der Waals surface area contributed by atoms with E-state index in [0.717, 1.165) is 27.3 Å². The van der Waals surface area contributed by atoms with E-state index in [2.05, 4.69) is 20.6 Å². The number of carbonyl (C=O) groups is 1. The maximum absolute atomic E-state index is 12.9. The first-order chi connectivity index (χ1) is 14.8. The third-order valence-corrected chi connectivity index (χ3v) is 6.18. The van der Waals surface area contributed by atoms with Crippen LogP contribution in [0.4, 0.5) is 5.13 Å². The third-order valence-electron chi connectivity index (χ3n) is 5.04. The molecule has 1 aromatic carbocycles. The van der Waals surface area contributed by atoms with Crippen LogP contribution in [0.1, 0.15) is 42.5 Å². The maximum Gasteiger partial charge on any atom is 0.252 e. The van der Waals surface area contributed by atoms with E-state index in [1.807, 2.05) is 58.0 Å². The van der Waals surface area contributed by atoms with Crippen molar-refractivity contribution in [3.8, 4) is 5.69 Å². The second kappa shape index (κ2) is 8.43. The van der Waals surface area contributed by atoms with Gasteiger partial charge in [0.2, 0.25) is 11.0 Å². The molecule has 3 heterocycles. The summed E-state index contributed by atoms with van der Waals surface area (Å²) in [5.74, 6) is 0.0404. The molecule has 160 valence electrons. The topological polar surface area (TPSA) is 94.7 Å². The third kappa shape index (κ3) is 4.13. The number of para-hydroxylation sites is 1. The first-order valence-electron chi connectivity index (χ1n) is 10.1. The van der Waals surface area contributed by atoms with E-state index < -0.39 is 0 Å². The number of hydrogen-bond donors (Lipinski definition) is 1. The molecule has 8 nitrogen and oxygen atoms in total. The van der Waals surface area contributed by atoms with Gasteiger partial charge in [-0.25, -0.2) is 4.68 Å². The van der Waals surface area contributed by atoms with Gasteiger partial charge in [-0.1, -0.05) is 43.4 Å². The minimum absolute atomic E-state index is 0.133. The van der Waals surface area contributed by atoms with Crippen LogP contribution < -0.4 is 10.9 Å². The van der Waals surface area contributed by atoms with Crippen LogP contribution in [0, 0.1) is 13.8 Å². The van der Waals surface area contributed by atoms with E-state index in [1.54, 1.807) is 15.3 Å². The lowest BCUT2D eigenvalue weighted by molar-refractivity contribution is -0.116. The highest BCUT2D eigenvalue weighted by Crippen LogP contribution is 2.25. The summed E-state index contributed by atoms with van der Waals surface area (Å²) in [5.41, 5.74) is 3.10. The summed E-state index contributed by atoms with van der Waals surface area (Å²) >= 11 is 1.36. The molecule has 1 amide bonds. The first kappa shape index (κ1) is 20.9. The monoisotopic (exact) mass is 436 g/mol. The van der Waals surface area contributed by atoms with Gasteiger partial charge in [0.05, 0.1) is 11.4 Å². The molecule has 0 aliphatic heterocycles. The minimum atomic E-state index is -0.213. The van der Waals surface area contributed by atoms with E-state index in [1.165, 1.54) is 11.3 Å². The molecule has 0 saturated carbocycles. The zero-order valence-corrected chi connectivity index (χ0v) is 18.7. The maximum atomic E-state index is 12.9. The number of aromatic nitrogens is 5. The summed E-state index contributed by atoms with van der Waals surface area (Å²) in [6, 6.07) is 11.3. The molecule has 9 heteroatoms. The van der Waals surface area contributed by atoms with Crippen LogP contribution in [-0.4, -0.2) is 30.5 Å². The molecule has 0 fully saturated rings. The Morgan fingerprint density at radius 3 is 2.58 bits per heavy atom. The van der Waals surface area contributed by atoms with Gasteiger partial charge in [-0.15, -0.1) is 10.2 Å². The lowest BCUT2D eigenvalue weighted by Gasteiger charge is -2.12. The first-order valence-corrected chi connectivity index (χ1v) is 10.9. The Morgan fingerprint density at radius 2 is 1.90 bits per heavy atom. The highest BCUT2D eigenvalue weighted by Gasteiger charge is 2.18. The van der Waals surface area contributed by atoms with Crippen molar-refractivity contribution in [3.63, 3.8) is 0 Å². The molecule has 3 aromatic heterocycles. The molecule has 1 N–H and O–H groups in total. The second-order valence-electron chi connectivity index (χ2n) is 7.75. The van der Waals surface area contributed by atoms with Crippen LogP contribution in [0.15, 0.2) is 41.2 Å². The molecule has 0 bridgehead atoms. The Kier molecular flexibility index (Phi) is 5.69. The SMILES string of the molecule is Cc1cc(=O)n(CCC(=O)Nc2nnc(C(C)C)s2)c2c1c(C)nn2-c1ccccc1. The number of fused-ring (bicyclic) bond motifs is 1. The van der Waals surface area contributed by atoms with E-state index in [0.29, 0.717) is 10.8 Å². The minimum Gasteiger partial charge on any atom is -0.300 e. The highest BCUT2D eigenvalue weighted by atomic mass is 32.1. The normalized spacial score (nSPS) is 11.4. The van der Waals surface area contributed by atoms with Crippen molar-refractivity contribution in [3.05, 3.63) is 63.0 Å². The molecule has 31 heavy (non-hydrogen) atoms. The fraction of sp³-hybridized carbons (Fsp3) is 0.318. The number of benzene rings is 1. The van der Waals surface area contributed by atoms with Gasteiger partial charge in [-0.05, 0) is 31.5 Å². The van der Waals surface area contributed by atoms with Crippen molar-refractivity contribution in [2.45, 2.75) is 46.6 Å². The Labute approximate surface area is 183 Å². The van der Waals surface area contributed by atoms with Crippen LogP contribution >= 0.6 is 11.3 Å². The number of pyridine rings is 1. The van der Waals surface area contributed by atoms with Gasteiger partial charge in [0.1, 0.15) is 10.7 Å². The van der Waals surface area contributed by atoms with Gasteiger partial charge in [0.15, 0.2) is 0 Å². The van der Waals surface area contributed by atoms with Gasteiger partial charge in [-0.2, -0.15) is 5.10 Å². The number of hydrogen-bond acceptors (Lipinski definition) is 6. The van der Waals surface area contributed by atoms with Crippen molar-refractivity contribution in [1.29, 1.82) is 0 Å². The summed E-state index contributed by atoms with van der Waals surface area (Å²) in [5, 5.41) is 17.8. The lowest BCUT2D eigenvalue weighted by Crippen LogP contribution is -2.25. The Balaban J connectivity index is 1.65. The Bertz CT molecular complexity index is 1300. The Hall–Kier alpha value is -3.33. The number of rotatable bonds is 6. The average molecular weight is 437 g/mol. The molecular weight excluding hydrogens is 412 g/mol. The quantitative estimate of drug-likeness (QED) is 0.496. The zero-order chi connectivity index (χ0) is 22.1. The lowest BCUT2D eigenvalue weighted by atomic mass is 10.1. The van der Waals surface area contributed by atoms with Crippen molar-refractivity contribution in [2.24, 2.45) is 0 Å². The molecule has 0 atom stereocenters. The molecule has 4 aromatic rings. The second-order valence-corrected chi connectivity index (χ2v) is 8.76. The molecule has 0 aliphatic rings. The molecule has 0 radical (unpaired) electrons. The smallest absolute Gasteiger partial charge is 0.252 e. The van der Waals surface area contributed by atoms with E-state index >= 15 is 0 Å². The number of nitrogens with zero attached hydrogens (tertiary/aromatic N) is 5. The Morgan fingerprint density at radius 1 is 1.16 bits per heavy atom. The molecular formula is C22H24N6O2S. The van der Waals surface area contributed by atoms with Gasteiger partial charge in [-0.3, -0.25) is 14.2 Å². The van der Waals surface area contributed by atoms with Crippen molar-refractivity contribution >= 4 is 33.4 Å². The number of anilines is 1. The standard InChI is InChI=1S/C22H24N6O2S/c1-13(2)20-24-25-22(31-20)23-17(29)10-11-27-18(30)12-14(3)19-15(4)26-28(21(19)27)16-8-6-5-7-9-16/h5-9,12-13H,10-11H2,1-4H3,(H,23,25,29). The van der Waals surface area contributed by atoms with Gasteiger partial charge >= 0.3 is 0 Å². The van der Waals surface area contributed by atoms with Gasteiger partial charge < -0.3 is 5.32 Å². The summed E-state index contributed by atoms with van der Waals surface area (Å²) in [6.07, 6.45) is 0.133. The predicted octanol–water partition coefficient (Wildman–Crippen LogP) is 3.81. The average Bonchev–Trinajstić information content (AvgIpc) is 3.33. The summed E-state index contributed by atoms with van der Waals surface area (Å²) in [7, 11) is 0. The van der Waals surface area contributed by atoms with Crippen LogP contribution in [0.5, 0.6) is 0 Å². The fourth-order valence-corrected chi connectivity index (χ4v) is 4.31.